The summed E-state index contributed by atoms with van der Waals surface area (Å²) in [6.07, 6.45) is 1.43. The SMILES string of the molecule is CCCNC(=O)Oc1cccc2c1C(CCC(=O)OC)CN2C. The van der Waals surface area contributed by atoms with Gasteiger partial charge in [-0.3, -0.25) is 4.79 Å². The van der Waals surface area contributed by atoms with Crippen LogP contribution in [0.1, 0.15) is 37.7 Å². The van der Waals surface area contributed by atoms with Crippen LogP contribution in [0.15, 0.2) is 18.2 Å². The Hall–Kier alpha value is -2.24. The predicted molar refractivity (Wildman–Crippen MR) is 88.0 cm³/mol. The van der Waals surface area contributed by atoms with Crippen LogP contribution in [0.5, 0.6) is 5.75 Å². The third-order valence-electron chi connectivity index (χ3n) is 4.00. The summed E-state index contributed by atoms with van der Waals surface area (Å²) in [4.78, 5) is 25.4. The molecule has 0 spiro atoms. The summed E-state index contributed by atoms with van der Waals surface area (Å²) in [5, 5.41) is 2.71. The summed E-state index contributed by atoms with van der Waals surface area (Å²) in [6.45, 7) is 3.36. The van der Waals surface area contributed by atoms with Crippen LogP contribution in [-0.4, -0.2) is 39.3 Å². The normalized spacial score (nSPS) is 16.0. The van der Waals surface area contributed by atoms with E-state index in [-0.39, 0.29) is 11.9 Å². The number of esters is 1. The Balaban J connectivity index is 2.16. The van der Waals surface area contributed by atoms with Crippen LogP contribution in [0, 0.1) is 0 Å². The molecular weight excluding hydrogens is 296 g/mol. The van der Waals surface area contributed by atoms with E-state index < -0.39 is 6.09 Å². The summed E-state index contributed by atoms with van der Waals surface area (Å²) < 4.78 is 10.2. The van der Waals surface area contributed by atoms with Gasteiger partial charge in [-0.25, -0.2) is 4.79 Å². The van der Waals surface area contributed by atoms with Crippen LogP contribution in [-0.2, 0) is 9.53 Å². The number of rotatable bonds is 6. The third kappa shape index (κ3) is 4.15. The molecule has 1 aromatic carbocycles. The molecule has 6 nitrogen and oxygen atoms in total. The number of carbonyl (C=O) groups is 2. The van der Waals surface area contributed by atoms with Crippen molar-refractivity contribution in [1.29, 1.82) is 0 Å². The van der Waals surface area contributed by atoms with E-state index >= 15 is 0 Å². The first-order chi connectivity index (χ1) is 11.1. The Morgan fingerprint density at radius 2 is 2.17 bits per heavy atom. The zero-order valence-electron chi connectivity index (χ0n) is 13.9. The summed E-state index contributed by atoms with van der Waals surface area (Å²) in [5.74, 6) is 0.486. The average molecular weight is 320 g/mol. The number of methoxy groups -OCH3 is 1. The molecule has 1 aliphatic rings. The van der Waals surface area contributed by atoms with Crippen LogP contribution in [0.4, 0.5) is 10.5 Å². The van der Waals surface area contributed by atoms with Crippen LogP contribution >= 0.6 is 0 Å². The van der Waals surface area contributed by atoms with Gasteiger partial charge in [0.1, 0.15) is 5.75 Å². The van der Waals surface area contributed by atoms with E-state index in [1.807, 2.05) is 26.1 Å². The number of ether oxygens (including phenoxy) is 2. The number of hydrogen-bond donors (Lipinski definition) is 1. The van der Waals surface area contributed by atoms with Gasteiger partial charge in [0.25, 0.3) is 0 Å². The van der Waals surface area contributed by atoms with Gasteiger partial charge >= 0.3 is 12.1 Å². The van der Waals surface area contributed by atoms with Gasteiger partial charge in [0.2, 0.25) is 0 Å². The van der Waals surface area contributed by atoms with Crippen LogP contribution in [0.3, 0.4) is 0 Å². The van der Waals surface area contributed by atoms with Crippen molar-refractivity contribution in [1.82, 2.24) is 5.32 Å². The number of carbonyl (C=O) groups excluding carboxylic acids is 2. The van der Waals surface area contributed by atoms with E-state index in [0.29, 0.717) is 25.1 Å². The molecule has 1 unspecified atom stereocenters. The fourth-order valence-electron chi connectivity index (χ4n) is 2.88. The number of fused-ring (bicyclic) bond motifs is 1. The Bertz CT molecular complexity index is 574. The molecule has 0 bridgehead atoms. The molecule has 0 radical (unpaired) electrons. The van der Waals surface area contributed by atoms with Gasteiger partial charge in [0.15, 0.2) is 0 Å². The maximum absolute atomic E-state index is 11.9. The van der Waals surface area contributed by atoms with Gasteiger partial charge < -0.3 is 19.7 Å². The van der Waals surface area contributed by atoms with E-state index in [4.69, 9.17) is 9.47 Å². The maximum Gasteiger partial charge on any atom is 0.412 e. The Labute approximate surface area is 136 Å². The summed E-state index contributed by atoms with van der Waals surface area (Å²) in [5.41, 5.74) is 2.03. The molecule has 2 rings (SSSR count). The van der Waals surface area contributed by atoms with Crippen molar-refractivity contribution in [3.8, 4) is 5.75 Å². The summed E-state index contributed by atoms with van der Waals surface area (Å²) in [7, 11) is 3.39. The molecule has 126 valence electrons. The number of hydrogen-bond acceptors (Lipinski definition) is 5. The van der Waals surface area contributed by atoms with Gasteiger partial charge in [-0.05, 0) is 25.0 Å². The van der Waals surface area contributed by atoms with Crippen molar-refractivity contribution in [2.45, 2.75) is 32.1 Å². The molecule has 6 heteroatoms. The van der Waals surface area contributed by atoms with Gasteiger partial charge in [-0.1, -0.05) is 13.0 Å². The lowest BCUT2D eigenvalue weighted by molar-refractivity contribution is -0.140. The van der Waals surface area contributed by atoms with Crippen molar-refractivity contribution in [2.75, 3.05) is 32.1 Å². The van der Waals surface area contributed by atoms with Gasteiger partial charge in [0.05, 0.1) is 7.11 Å². The van der Waals surface area contributed by atoms with Gasteiger partial charge in [0, 0.05) is 43.7 Å². The van der Waals surface area contributed by atoms with Crippen molar-refractivity contribution >= 4 is 17.7 Å². The molecule has 0 saturated carbocycles. The standard InChI is InChI=1S/C17H24N2O4/c1-4-10-18-17(21)23-14-7-5-6-13-16(14)12(11-19(13)2)8-9-15(20)22-3/h5-7,12H,4,8-11H2,1-3H3,(H,18,21). The monoisotopic (exact) mass is 320 g/mol. The number of amides is 1. The van der Waals surface area contributed by atoms with Crippen LogP contribution in [0.2, 0.25) is 0 Å². The maximum atomic E-state index is 11.9. The first kappa shape index (κ1) is 17.1. The van der Waals surface area contributed by atoms with E-state index in [2.05, 4.69) is 10.2 Å². The number of benzene rings is 1. The van der Waals surface area contributed by atoms with Crippen molar-refractivity contribution in [3.63, 3.8) is 0 Å². The van der Waals surface area contributed by atoms with E-state index in [1.165, 1.54) is 7.11 Å². The second-order valence-electron chi connectivity index (χ2n) is 5.70. The van der Waals surface area contributed by atoms with Gasteiger partial charge in [-0.15, -0.1) is 0 Å². The minimum Gasteiger partial charge on any atom is -0.469 e. The molecule has 23 heavy (non-hydrogen) atoms. The minimum absolute atomic E-state index is 0.143. The lowest BCUT2D eigenvalue weighted by Gasteiger charge is -2.14. The van der Waals surface area contributed by atoms with Crippen molar-refractivity contribution in [3.05, 3.63) is 23.8 Å². The minimum atomic E-state index is -0.443. The lowest BCUT2D eigenvalue weighted by atomic mass is 9.95. The number of nitrogens with zero attached hydrogens (tertiary/aromatic N) is 1. The molecule has 1 aromatic rings. The topological polar surface area (TPSA) is 67.9 Å². The molecule has 1 aliphatic heterocycles. The van der Waals surface area contributed by atoms with Gasteiger partial charge in [-0.2, -0.15) is 0 Å². The zero-order chi connectivity index (χ0) is 16.8. The summed E-state index contributed by atoms with van der Waals surface area (Å²) >= 11 is 0. The number of anilines is 1. The largest absolute Gasteiger partial charge is 0.469 e. The fraction of sp³-hybridized carbons (Fsp3) is 0.529. The van der Waals surface area contributed by atoms with Crippen LogP contribution in [0.25, 0.3) is 0 Å². The molecule has 0 aliphatic carbocycles. The highest BCUT2D eigenvalue weighted by molar-refractivity contribution is 5.74. The van der Waals surface area contributed by atoms with Crippen LogP contribution < -0.4 is 15.0 Å². The van der Waals surface area contributed by atoms with Crippen molar-refractivity contribution in [2.24, 2.45) is 0 Å². The highest BCUT2D eigenvalue weighted by Gasteiger charge is 2.30. The number of nitrogens with one attached hydrogen (secondary N) is 1. The highest BCUT2D eigenvalue weighted by Crippen LogP contribution is 2.43. The molecule has 1 amide bonds. The van der Waals surface area contributed by atoms with E-state index in [1.54, 1.807) is 6.07 Å². The molecular formula is C17H24N2O4. The third-order valence-corrected chi connectivity index (χ3v) is 4.00. The molecule has 0 fully saturated rings. The average Bonchev–Trinajstić information content (AvgIpc) is 2.88. The zero-order valence-corrected chi connectivity index (χ0v) is 13.9. The molecule has 1 N–H and O–H groups in total. The highest BCUT2D eigenvalue weighted by atomic mass is 16.6. The number of likely N-dealkylation sites (N-methyl/N-ethyl adjacent to an activating group) is 1. The second-order valence-corrected chi connectivity index (χ2v) is 5.70. The van der Waals surface area contributed by atoms with E-state index in [0.717, 1.165) is 24.2 Å². The molecule has 1 atom stereocenters. The second kappa shape index (κ2) is 7.85. The Morgan fingerprint density at radius 3 is 2.87 bits per heavy atom. The van der Waals surface area contributed by atoms with Crippen molar-refractivity contribution < 1.29 is 19.1 Å². The molecule has 0 aromatic heterocycles. The Kier molecular flexibility index (Phi) is 5.84. The lowest BCUT2D eigenvalue weighted by Crippen LogP contribution is -2.27. The summed E-state index contributed by atoms with van der Waals surface area (Å²) in [6, 6.07) is 5.68. The fourth-order valence-corrected chi connectivity index (χ4v) is 2.88. The molecule has 0 saturated heterocycles. The predicted octanol–water partition coefficient (Wildman–Crippen LogP) is 2.67. The van der Waals surface area contributed by atoms with E-state index in [9.17, 15) is 9.59 Å². The smallest absolute Gasteiger partial charge is 0.412 e. The quantitative estimate of drug-likeness (QED) is 0.816. The molecule has 1 heterocycles. The first-order valence-corrected chi connectivity index (χ1v) is 7.93. The Morgan fingerprint density at radius 1 is 1.39 bits per heavy atom. The first-order valence-electron chi connectivity index (χ1n) is 7.93.